The van der Waals surface area contributed by atoms with Gasteiger partial charge in [-0.25, -0.2) is 8.42 Å². The molecule has 3 heterocycles. The average Bonchev–Trinajstić information content (AvgIpc) is 3.10. The summed E-state index contributed by atoms with van der Waals surface area (Å²) >= 11 is 1.62. The lowest BCUT2D eigenvalue weighted by molar-refractivity contribution is 0.0969. The maximum Gasteiger partial charge on any atom is 0.243 e. The lowest BCUT2D eigenvalue weighted by Gasteiger charge is -2.32. The van der Waals surface area contributed by atoms with Gasteiger partial charge in [0, 0.05) is 37.6 Å². The smallest absolute Gasteiger partial charge is 0.243 e. The highest BCUT2D eigenvalue weighted by molar-refractivity contribution is 7.89. The van der Waals surface area contributed by atoms with Crippen molar-refractivity contribution in [3.63, 3.8) is 0 Å². The minimum absolute atomic E-state index is 0.264. The van der Waals surface area contributed by atoms with Crippen LogP contribution in [0.5, 0.6) is 5.06 Å². The first-order chi connectivity index (χ1) is 14.3. The fraction of sp³-hybridized carbons (Fsp3) is 0.565. The lowest BCUT2D eigenvalue weighted by atomic mass is 10.1. The van der Waals surface area contributed by atoms with Crippen LogP contribution in [0.1, 0.15) is 42.7 Å². The van der Waals surface area contributed by atoms with Crippen molar-refractivity contribution in [2.24, 2.45) is 5.92 Å². The number of nitrogens with zero attached hydrogens (tertiary/aromatic N) is 2. The SMILES string of the molecule is Cc1cccc(S(=O)(=O)N2CCc3cc(OC4CCN(CC(C)C)CC4)sc3C2)c1. The summed E-state index contributed by atoms with van der Waals surface area (Å²) in [5.41, 5.74) is 2.20. The standard InChI is InChI=1S/C23H32N2O3S2/c1-17(2)15-24-10-8-20(9-11-24)28-23-14-19-7-12-25(16-22(19)29-23)30(26,27)21-6-4-5-18(3)13-21/h4-6,13-14,17,20H,7-12,15-16H2,1-3H3. The van der Waals surface area contributed by atoms with Crippen LogP contribution < -0.4 is 4.74 Å². The third-order valence-electron chi connectivity index (χ3n) is 5.89. The topological polar surface area (TPSA) is 49.9 Å². The average molecular weight is 449 g/mol. The van der Waals surface area contributed by atoms with Gasteiger partial charge >= 0.3 is 0 Å². The molecule has 7 heteroatoms. The Morgan fingerprint density at radius 2 is 1.93 bits per heavy atom. The van der Waals surface area contributed by atoms with E-state index in [4.69, 9.17) is 4.74 Å². The summed E-state index contributed by atoms with van der Waals surface area (Å²) in [5.74, 6) is 0.700. The third kappa shape index (κ3) is 4.90. The Morgan fingerprint density at radius 1 is 1.17 bits per heavy atom. The Kier molecular flexibility index (Phi) is 6.53. The highest BCUT2D eigenvalue weighted by atomic mass is 32.2. The second-order valence-electron chi connectivity index (χ2n) is 8.93. The number of hydrogen-bond donors (Lipinski definition) is 0. The molecule has 2 aromatic rings. The van der Waals surface area contributed by atoms with E-state index in [1.807, 2.05) is 13.0 Å². The molecule has 0 unspecified atom stereocenters. The molecule has 0 aliphatic carbocycles. The molecule has 2 aliphatic rings. The van der Waals surface area contributed by atoms with Gasteiger partial charge < -0.3 is 9.64 Å². The summed E-state index contributed by atoms with van der Waals surface area (Å²) in [4.78, 5) is 4.02. The van der Waals surface area contributed by atoms with Crippen LogP contribution in [0.25, 0.3) is 0 Å². The van der Waals surface area contributed by atoms with E-state index in [9.17, 15) is 8.42 Å². The molecule has 1 aromatic carbocycles. The fourth-order valence-corrected chi connectivity index (χ4v) is 7.08. The van der Waals surface area contributed by atoms with Gasteiger partial charge in [-0.3, -0.25) is 0 Å². The zero-order valence-electron chi connectivity index (χ0n) is 18.1. The van der Waals surface area contributed by atoms with Crippen LogP contribution in [0.3, 0.4) is 0 Å². The predicted molar refractivity (Wildman–Crippen MR) is 122 cm³/mol. The second-order valence-corrected chi connectivity index (χ2v) is 12.0. The number of benzene rings is 1. The van der Waals surface area contributed by atoms with Crippen molar-refractivity contribution < 1.29 is 13.2 Å². The number of ether oxygens (including phenoxy) is 1. The minimum atomic E-state index is -3.47. The Morgan fingerprint density at radius 3 is 2.63 bits per heavy atom. The van der Waals surface area contributed by atoms with Gasteiger partial charge in [0.2, 0.25) is 10.0 Å². The van der Waals surface area contributed by atoms with E-state index in [2.05, 4.69) is 24.8 Å². The summed E-state index contributed by atoms with van der Waals surface area (Å²) in [6.45, 7) is 10.8. The number of hydrogen-bond acceptors (Lipinski definition) is 5. The molecule has 0 spiro atoms. The number of likely N-dealkylation sites (tertiary alicyclic amines) is 1. The summed E-state index contributed by atoms with van der Waals surface area (Å²) in [6.07, 6.45) is 3.12. The van der Waals surface area contributed by atoms with Gasteiger partial charge in [-0.05, 0) is 61.4 Å². The quantitative estimate of drug-likeness (QED) is 0.661. The number of fused-ring (bicyclic) bond motifs is 1. The maximum atomic E-state index is 13.1. The number of rotatable bonds is 6. The first-order valence-electron chi connectivity index (χ1n) is 10.9. The zero-order chi connectivity index (χ0) is 21.3. The molecule has 1 aromatic heterocycles. The van der Waals surface area contributed by atoms with E-state index < -0.39 is 10.0 Å². The molecule has 2 aliphatic heterocycles. The van der Waals surface area contributed by atoms with Gasteiger partial charge in [0.15, 0.2) is 5.06 Å². The molecule has 4 rings (SSSR count). The Bertz CT molecular complexity index is 976. The van der Waals surface area contributed by atoms with E-state index in [1.165, 1.54) is 5.56 Å². The minimum Gasteiger partial charge on any atom is -0.481 e. The van der Waals surface area contributed by atoms with Gasteiger partial charge in [-0.2, -0.15) is 4.31 Å². The summed E-state index contributed by atoms with van der Waals surface area (Å²) < 4.78 is 34.1. The molecule has 0 amide bonds. The molecule has 0 bridgehead atoms. The van der Waals surface area contributed by atoms with Crippen molar-refractivity contribution in [1.82, 2.24) is 9.21 Å². The number of sulfonamides is 1. The molecule has 5 nitrogen and oxygen atoms in total. The van der Waals surface area contributed by atoms with Crippen LogP contribution in [0.4, 0.5) is 0 Å². The molecular weight excluding hydrogens is 416 g/mol. The third-order valence-corrected chi connectivity index (χ3v) is 8.79. The number of piperidine rings is 1. The highest BCUT2D eigenvalue weighted by Crippen LogP contribution is 2.36. The Balaban J connectivity index is 1.39. The van der Waals surface area contributed by atoms with Crippen molar-refractivity contribution in [1.29, 1.82) is 0 Å². The fourth-order valence-electron chi connectivity index (χ4n) is 4.35. The van der Waals surface area contributed by atoms with Gasteiger partial charge in [0.1, 0.15) is 6.10 Å². The van der Waals surface area contributed by atoms with E-state index >= 15 is 0 Å². The van der Waals surface area contributed by atoms with E-state index in [-0.39, 0.29) is 6.10 Å². The summed E-state index contributed by atoms with van der Waals surface area (Å²) in [6, 6.07) is 9.30. The molecule has 0 N–H and O–H groups in total. The van der Waals surface area contributed by atoms with Crippen LogP contribution in [0.2, 0.25) is 0 Å². The van der Waals surface area contributed by atoms with Crippen LogP contribution >= 0.6 is 11.3 Å². The normalized spacial score (nSPS) is 19.2. The number of thiophene rings is 1. The van der Waals surface area contributed by atoms with Crippen molar-refractivity contribution in [3.8, 4) is 5.06 Å². The van der Waals surface area contributed by atoms with Crippen molar-refractivity contribution in [3.05, 3.63) is 46.3 Å². The lowest BCUT2D eigenvalue weighted by Crippen LogP contribution is -2.39. The number of aryl methyl sites for hydroxylation is 1. The maximum absolute atomic E-state index is 13.1. The van der Waals surface area contributed by atoms with Gasteiger partial charge in [-0.1, -0.05) is 26.0 Å². The van der Waals surface area contributed by atoms with Gasteiger partial charge in [0.05, 0.1) is 4.90 Å². The first-order valence-corrected chi connectivity index (χ1v) is 13.1. The molecular formula is C23H32N2O3S2. The zero-order valence-corrected chi connectivity index (χ0v) is 19.8. The first kappa shape index (κ1) is 21.8. The largest absolute Gasteiger partial charge is 0.481 e. The Labute approximate surface area is 184 Å². The van der Waals surface area contributed by atoms with E-state index in [1.54, 1.807) is 33.8 Å². The van der Waals surface area contributed by atoms with Crippen LogP contribution in [-0.2, 0) is 23.0 Å². The predicted octanol–water partition coefficient (Wildman–Crippen LogP) is 4.30. The van der Waals surface area contributed by atoms with Crippen molar-refractivity contribution in [2.75, 3.05) is 26.2 Å². The second kappa shape index (κ2) is 8.99. The van der Waals surface area contributed by atoms with Gasteiger partial charge in [0.25, 0.3) is 0 Å². The monoisotopic (exact) mass is 448 g/mol. The van der Waals surface area contributed by atoms with Crippen LogP contribution in [0.15, 0.2) is 35.2 Å². The Hall–Kier alpha value is -1.41. The molecule has 0 atom stereocenters. The van der Waals surface area contributed by atoms with Crippen LogP contribution in [0, 0.1) is 12.8 Å². The van der Waals surface area contributed by atoms with E-state index in [0.29, 0.717) is 23.9 Å². The summed E-state index contributed by atoms with van der Waals surface area (Å²) in [7, 11) is -3.47. The van der Waals surface area contributed by atoms with Gasteiger partial charge in [-0.15, -0.1) is 11.3 Å². The molecule has 164 valence electrons. The summed E-state index contributed by atoms with van der Waals surface area (Å²) in [5, 5.41) is 0.942. The molecule has 30 heavy (non-hydrogen) atoms. The molecule has 0 radical (unpaired) electrons. The van der Waals surface area contributed by atoms with Crippen molar-refractivity contribution >= 4 is 21.4 Å². The van der Waals surface area contributed by atoms with E-state index in [0.717, 1.165) is 54.4 Å². The molecule has 1 fully saturated rings. The van der Waals surface area contributed by atoms with Crippen molar-refractivity contribution in [2.45, 2.75) is 57.6 Å². The molecule has 0 saturated carbocycles. The van der Waals surface area contributed by atoms with Crippen LogP contribution in [-0.4, -0.2) is 49.9 Å². The highest BCUT2D eigenvalue weighted by Gasteiger charge is 2.30. The molecule has 1 saturated heterocycles.